The number of benzene rings is 3. The number of ether oxygens (including phenoxy) is 2. The lowest BCUT2D eigenvalue weighted by molar-refractivity contribution is -0.139. The average Bonchev–Trinajstić information content (AvgIpc) is 2.98. The van der Waals surface area contributed by atoms with E-state index >= 15 is 0 Å². The van der Waals surface area contributed by atoms with Crippen molar-refractivity contribution in [1.29, 1.82) is 0 Å². The fourth-order valence-electron chi connectivity index (χ4n) is 4.06. The Morgan fingerprint density at radius 1 is 0.927 bits per heavy atom. The maximum absolute atomic E-state index is 14.0. The van der Waals surface area contributed by atoms with E-state index in [-0.39, 0.29) is 29.1 Å². The number of sulfonamides is 1. The van der Waals surface area contributed by atoms with Gasteiger partial charge in [0.1, 0.15) is 12.6 Å². The second-order valence-electron chi connectivity index (χ2n) is 9.51. The number of hydrogen-bond donors (Lipinski definition) is 1. The number of amides is 2. The Balaban J connectivity index is 2.03. The molecule has 9 nitrogen and oxygen atoms in total. The third kappa shape index (κ3) is 7.92. The molecule has 0 saturated carbocycles. The van der Waals surface area contributed by atoms with Gasteiger partial charge in [-0.1, -0.05) is 48.9 Å². The van der Waals surface area contributed by atoms with Crippen LogP contribution in [-0.2, 0) is 26.2 Å². The highest BCUT2D eigenvalue weighted by Gasteiger charge is 2.33. The summed E-state index contributed by atoms with van der Waals surface area (Å²) < 4.78 is 39.6. The highest BCUT2D eigenvalue weighted by Crippen LogP contribution is 2.32. The van der Waals surface area contributed by atoms with Gasteiger partial charge in [0.2, 0.25) is 11.8 Å². The monoisotopic (exact) mass is 601 g/mol. The van der Waals surface area contributed by atoms with Crippen molar-refractivity contribution in [2.45, 2.75) is 50.7 Å². The number of rotatable bonds is 13. The van der Waals surface area contributed by atoms with E-state index < -0.39 is 28.5 Å². The molecule has 3 rings (SSSR count). The minimum Gasteiger partial charge on any atom is -0.493 e. The SMILES string of the molecule is CCC(C)NC(=O)C(C)N(Cc1ccc(Cl)cc1)C(=O)CN(c1ccccc1)S(=O)(=O)c1ccc(OC)c(OC)c1. The van der Waals surface area contributed by atoms with Gasteiger partial charge in [-0.15, -0.1) is 0 Å². The molecule has 0 aliphatic carbocycles. The highest BCUT2D eigenvalue weighted by atomic mass is 35.5. The van der Waals surface area contributed by atoms with E-state index in [9.17, 15) is 18.0 Å². The third-order valence-electron chi connectivity index (χ3n) is 6.70. The Hall–Kier alpha value is -3.76. The number of hydrogen-bond acceptors (Lipinski definition) is 6. The lowest BCUT2D eigenvalue weighted by Gasteiger charge is -2.32. The smallest absolute Gasteiger partial charge is 0.264 e. The Kier molecular flexibility index (Phi) is 11.0. The number of carbonyl (C=O) groups is 2. The first-order valence-corrected chi connectivity index (χ1v) is 15.0. The van der Waals surface area contributed by atoms with Crippen molar-refractivity contribution < 1.29 is 27.5 Å². The van der Waals surface area contributed by atoms with Crippen LogP contribution in [0.4, 0.5) is 5.69 Å². The van der Waals surface area contributed by atoms with Gasteiger partial charge in [-0.05, 0) is 62.2 Å². The highest BCUT2D eigenvalue weighted by molar-refractivity contribution is 7.92. The van der Waals surface area contributed by atoms with Crippen LogP contribution in [0.1, 0.15) is 32.8 Å². The number of methoxy groups -OCH3 is 2. The first kappa shape index (κ1) is 31.8. The number of nitrogens with one attached hydrogen (secondary N) is 1. The average molecular weight is 602 g/mol. The van der Waals surface area contributed by atoms with Crippen molar-refractivity contribution in [1.82, 2.24) is 10.2 Å². The summed E-state index contributed by atoms with van der Waals surface area (Å²) in [6.45, 7) is 4.98. The van der Waals surface area contributed by atoms with E-state index in [1.807, 2.05) is 13.8 Å². The van der Waals surface area contributed by atoms with Crippen molar-refractivity contribution in [2.24, 2.45) is 0 Å². The van der Waals surface area contributed by atoms with E-state index in [4.69, 9.17) is 21.1 Å². The van der Waals surface area contributed by atoms with Gasteiger partial charge >= 0.3 is 0 Å². The molecule has 220 valence electrons. The van der Waals surface area contributed by atoms with Crippen molar-refractivity contribution >= 4 is 39.1 Å². The molecule has 0 radical (unpaired) electrons. The second-order valence-corrected chi connectivity index (χ2v) is 11.8. The Bertz CT molecular complexity index is 1430. The van der Waals surface area contributed by atoms with Gasteiger partial charge in [-0.2, -0.15) is 0 Å². The van der Waals surface area contributed by atoms with Crippen LogP contribution < -0.4 is 19.1 Å². The van der Waals surface area contributed by atoms with Gasteiger partial charge in [0, 0.05) is 23.7 Å². The molecule has 11 heteroatoms. The van der Waals surface area contributed by atoms with Gasteiger partial charge in [-0.25, -0.2) is 8.42 Å². The number of anilines is 1. The summed E-state index contributed by atoms with van der Waals surface area (Å²) in [5.74, 6) is -0.299. The minimum atomic E-state index is -4.26. The Morgan fingerprint density at radius 3 is 2.15 bits per heavy atom. The van der Waals surface area contributed by atoms with Crippen molar-refractivity contribution in [3.8, 4) is 11.5 Å². The molecule has 3 aromatic carbocycles. The summed E-state index contributed by atoms with van der Waals surface area (Å²) in [7, 11) is -1.39. The summed E-state index contributed by atoms with van der Waals surface area (Å²) in [5.41, 5.74) is 1.03. The predicted molar refractivity (Wildman–Crippen MR) is 160 cm³/mol. The van der Waals surface area contributed by atoms with E-state index in [0.717, 1.165) is 16.3 Å². The van der Waals surface area contributed by atoms with Crippen LogP contribution >= 0.6 is 11.6 Å². The van der Waals surface area contributed by atoms with Crippen LogP contribution in [-0.4, -0.2) is 58.0 Å². The Morgan fingerprint density at radius 2 is 1.56 bits per heavy atom. The molecule has 0 spiro atoms. The predicted octanol–water partition coefficient (Wildman–Crippen LogP) is 4.88. The molecule has 2 unspecified atom stereocenters. The number of carbonyl (C=O) groups excluding carboxylic acids is 2. The summed E-state index contributed by atoms with van der Waals surface area (Å²) in [4.78, 5) is 28.4. The van der Waals surface area contributed by atoms with Gasteiger partial charge in [-0.3, -0.25) is 13.9 Å². The molecule has 41 heavy (non-hydrogen) atoms. The van der Waals surface area contributed by atoms with Crippen LogP contribution in [0.5, 0.6) is 11.5 Å². The van der Waals surface area contributed by atoms with E-state index in [2.05, 4.69) is 5.32 Å². The van der Waals surface area contributed by atoms with Crippen LogP contribution in [0.15, 0.2) is 77.7 Å². The third-order valence-corrected chi connectivity index (χ3v) is 8.72. The van der Waals surface area contributed by atoms with Gasteiger partial charge in [0.25, 0.3) is 10.0 Å². The van der Waals surface area contributed by atoms with Crippen molar-refractivity contribution in [2.75, 3.05) is 25.1 Å². The molecular weight excluding hydrogens is 566 g/mol. The summed E-state index contributed by atoms with van der Waals surface area (Å²) in [6.07, 6.45) is 0.717. The first-order chi connectivity index (χ1) is 19.5. The minimum absolute atomic E-state index is 0.0735. The number of halogens is 1. The Labute approximate surface area is 247 Å². The van der Waals surface area contributed by atoms with Crippen LogP contribution in [0, 0.1) is 0 Å². The standard InChI is InChI=1S/C30H36ClN3O6S/c1-6-21(2)32-30(36)22(3)33(19-23-12-14-24(31)15-13-23)29(35)20-34(25-10-8-7-9-11-25)41(37,38)26-16-17-27(39-4)28(18-26)40-5/h7-18,21-22H,6,19-20H2,1-5H3,(H,32,36). The fraction of sp³-hybridized carbons (Fsp3) is 0.333. The molecule has 2 amide bonds. The number of para-hydroxylation sites is 1. The lowest BCUT2D eigenvalue weighted by Crippen LogP contribution is -2.52. The molecular formula is C30H36ClN3O6S. The quantitative estimate of drug-likeness (QED) is 0.299. The molecule has 3 aromatic rings. The van der Waals surface area contributed by atoms with Crippen LogP contribution in [0.3, 0.4) is 0 Å². The van der Waals surface area contributed by atoms with Crippen LogP contribution in [0.2, 0.25) is 5.02 Å². The van der Waals surface area contributed by atoms with Crippen molar-refractivity contribution in [3.63, 3.8) is 0 Å². The number of nitrogens with zero attached hydrogens (tertiary/aromatic N) is 2. The maximum atomic E-state index is 14.0. The summed E-state index contributed by atoms with van der Waals surface area (Å²) in [6, 6.07) is 18.5. The van der Waals surface area contributed by atoms with Crippen molar-refractivity contribution in [3.05, 3.63) is 83.4 Å². The van der Waals surface area contributed by atoms with Gasteiger partial charge in [0.05, 0.1) is 24.8 Å². The van der Waals surface area contributed by atoms with Crippen LogP contribution in [0.25, 0.3) is 0 Å². The molecule has 0 fully saturated rings. The molecule has 0 bridgehead atoms. The second kappa shape index (κ2) is 14.2. The molecule has 0 aliphatic heterocycles. The summed E-state index contributed by atoms with van der Waals surface area (Å²) >= 11 is 6.05. The largest absolute Gasteiger partial charge is 0.493 e. The molecule has 1 N–H and O–H groups in total. The zero-order valence-electron chi connectivity index (χ0n) is 23.8. The topological polar surface area (TPSA) is 105 Å². The zero-order chi connectivity index (χ0) is 30.2. The van der Waals surface area contributed by atoms with Gasteiger partial charge < -0.3 is 19.7 Å². The molecule has 0 aliphatic rings. The van der Waals surface area contributed by atoms with E-state index in [1.165, 1.54) is 37.3 Å². The lowest BCUT2D eigenvalue weighted by atomic mass is 10.1. The zero-order valence-corrected chi connectivity index (χ0v) is 25.4. The first-order valence-electron chi connectivity index (χ1n) is 13.2. The normalized spacial score (nSPS) is 12.6. The molecule has 0 saturated heterocycles. The van der Waals surface area contributed by atoms with E-state index in [1.54, 1.807) is 61.5 Å². The maximum Gasteiger partial charge on any atom is 0.264 e. The summed E-state index contributed by atoms with van der Waals surface area (Å²) in [5, 5.41) is 3.45. The fourth-order valence-corrected chi connectivity index (χ4v) is 5.62. The molecule has 2 atom stereocenters. The van der Waals surface area contributed by atoms with Gasteiger partial charge in [0.15, 0.2) is 11.5 Å². The molecule has 0 heterocycles. The van der Waals surface area contributed by atoms with E-state index in [0.29, 0.717) is 16.5 Å². The molecule has 0 aromatic heterocycles.